The van der Waals surface area contributed by atoms with Gasteiger partial charge in [-0.1, -0.05) is 40.9 Å². The highest BCUT2D eigenvalue weighted by Crippen LogP contribution is 2.66. The van der Waals surface area contributed by atoms with E-state index >= 15 is 9.59 Å². The molecule has 4 heterocycles. The van der Waals surface area contributed by atoms with Crippen molar-refractivity contribution in [3.05, 3.63) is 93.0 Å². The number of phenols is 1. The fourth-order valence-corrected chi connectivity index (χ4v) is 11.4. The lowest BCUT2D eigenvalue weighted by atomic mass is 9.51. The van der Waals surface area contributed by atoms with Crippen LogP contribution in [0.1, 0.15) is 42.4 Å². The van der Waals surface area contributed by atoms with E-state index in [1.165, 1.54) is 34.8 Å². The van der Waals surface area contributed by atoms with Gasteiger partial charge in [-0.15, -0.1) is 11.3 Å². The van der Waals surface area contributed by atoms with Crippen molar-refractivity contribution < 1.29 is 33.8 Å². The molecule has 2 aliphatic heterocycles. The second kappa shape index (κ2) is 13.2. The van der Waals surface area contributed by atoms with Crippen molar-refractivity contribution in [2.75, 3.05) is 24.0 Å². The number of benzene rings is 3. The number of aryl methyl sites for hydroxylation is 3. The van der Waals surface area contributed by atoms with Crippen molar-refractivity contribution in [3.8, 4) is 27.8 Å². The zero-order valence-corrected chi connectivity index (χ0v) is 34.3. The van der Waals surface area contributed by atoms with Crippen LogP contribution < -0.4 is 19.3 Å². The van der Waals surface area contributed by atoms with Gasteiger partial charge in [-0.3, -0.25) is 23.9 Å². The van der Waals surface area contributed by atoms with Gasteiger partial charge in [0.25, 0.3) is 0 Å². The van der Waals surface area contributed by atoms with Gasteiger partial charge in [0, 0.05) is 51.5 Å². The van der Waals surface area contributed by atoms with Crippen LogP contribution in [0.15, 0.2) is 66.2 Å². The normalized spacial score (nSPS) is 25.5. The van der Waals surface area contributed by atoms with E-state index in [-0.39, 0.29) is 30.2 Å². The molecule has 0 bridgehead atoms. The van der Waals surface area contributed by atoms with Crippen LogP contribution in [0.4, 0.5) is 11.5 Å². The number of thiophene rings is 1. The molecule has 14 heteroatoms. The highest BCUT2D eigenvalue weighted by Gasteiger charge is 2.68. The summed E-state index contributed by atoms with van der Waals surface area (Å²) in [7, 11) is 4.62. The molecule has 2 aliphatic carbocycles. The summed E-state index contributed by atoms with van der Waals surface area (Å²) in [5, 5.41) is 18.6. The highest BCUT2D eigenvalue weighted by molar-refractivity contribution is 7.22. The number of hydrogen-bond donors (Lipinski definition) is 1. The average Bonchev–Trinajstić information content (AvgIpc) is 3.86. The Labute approximate surface area is 342 Å². The number of carbonyl (C=O) groups excluding carboxylic acids is 4. The number of carbonyl (C=O) groups is 4. The van der Waals surface area contributed by atoms with Gasteiger partial charge in [-0.05, 0) is 86.4 Å². The van der Waals surface area contributed by atoms with E-state index in [9.17, 15) is 14.7 Å². The standard InChI is InChI=1S/C43H38Cl2N4O7S/c1-19-7-9-22(14-29(19)45)48-39(51)25-11-10-24-27(35(25)41(48)53)17-28-40(52)49(42(54)43(28,3)37(24)36-31(50)15-23(55-5)16-32(36)56-6)34-18-30(46-47(34)4)38-20(2)26-13-21(44)8-12-33(26)57-38/h7-10,12-16,18,25,27-28,35,37,50H,11,17H2,1-6H3/t25-,27+,28-,35-,37+,43+/m0/s1. The van der Waals surface area contributed by atoms with Crippen LogP contribution in [0.25, 0.3) is 20.7 Å². The molecule has 292 valence electrons. The van der Waals surface area contributed by atoms with Gasteiger partial charge in [0.05, 0.1) is 48.0 Å². The number of phenolic OH excluding ortho intramolecular Hbond substituents is 1. The summed E-state index contributed by atoms with van der Waals surface area (Å²) in [6.07, 6.45) is 2.28. The highest BCUT2D eigenvalue weighted by atomic mass is 35.5. The first-order valence-corrected chi connectivity index (χ1v) is 20.2. The van der Waals surface area contributed by atoms with Gasteiger partial charge in [-0.2, -0.15) is 5.10 Å². The molecule has 1 N–H and O–H groups in total. The first-order valence-electron chi connectivity index (χ1n) is 18.6. The first kappa shape index (κ1) is 37.4. The Morgan fingerprint density at radius 2 is 1.68 bits per heavy atom. The summed E-state index contributed by atoms with van der Waals surface area (Å²) in [6, 6.07) is 15.6. The largest absolute Gasteiger partial charge is 0.507 e. The summed E-state index contributed by atoms with van der Waals surface area (Å²) in [5.74, 6) is -4.95. The Kier molecular flexibility index (Phi) is 8.65. The molecule has 0 spiro atoms. The molecule has 0 unspecified atom stereocenters. The lowest BCUT2D eigenvalue weighted by Crippen LogP contribution is -2.49. The number of aromatic nitrogens is 2. The van der Waals surface area contributed by atoms with Gasteiger partial charge in [0.1, 0.15) is 28.8 Å². The summed E-state index contributed by atoms with van der Waals surface area (Å²) in [6.45, 7) is 5.59. The molecule has 6 atom stereocenters. The number of anilines is 2. The summed E-state index contributed by atoms with van der Waals surface area (Å²) >= 11 is 14.3. The number of rotatable bonds is 6. The second-order valence-electron chi connectivity index (χ2n) is 15.6. The summed E-state index contributed by atoms with van der Waals surface area (Å²) in [5.41, 5.74) is 2.31. The van der Waals surface area contributed by atoms with Crippen molar-refractivity contribution in [3.63, 3.8) is 0 Å². The van der Waals surface area contributed by atoms with Gasteiger partial charge >= 0.3 is 0 Å². The van der Waals surface area contributed by atoms with Crippen LogP contribution in [-0.4, -0.2) is 52.7 Å². The van der Waals surface area contributed by atoms with Crippen LogP contribution in [0.5, 0.6) is 17.2 Å². The molecule has 3 fully saturated rings. The average molecular weight is 826 g/mol. The molecule has 1 saturated carbocycles. The van der Waals surface area contributed by atoms with E-state index in [2.05, 4.69) is 0 Å². The monoisotopic (exact) mass is 824 g/mol. The quantitative estimate of drug-likeness (QED) is 0.134. The van der Waals surface area contributed by atoms with E-state index in [4.69, 9.17) is 37.8 Å². The fourth-order valence-electron chi connectivity index (χ4n) is 9.90. The minimum Gasteiger partial charge on any atom is -0.507 e. The number of amides is 4. The number of halogens is 2. The first-order chi connectivity index (χ1) is 27.2. The molecule has 57 heavy (non-hydrogen) atoms. The van der Waals surface area contributed by atoms with Gasteiger partial charge in [0.2, 0.25) is 23.6 Å². The maximum atomic E-state index is 15.3. The molecule has 2 aromatic heterocycles. The van der Waals surface area contributed by atoms with E-state index < -0.39 is 52.7 Å². The molecular weight excluding hydrogens is 787 g/mol. The molecule has 9 rings (SSSR count). The van der Waals surface area contributed by atoms with E-state index in [1.807, 2.05) is 38.1 Å². The molecular formula is C43H38Cl2N4O7S. The maximum Gasteiger partial charge on any atom is 0.242 e. The number of imide groups is 2. The molecule has 4 amide bonds. The Bertz CT molecular complexity index is 2650. The van der Waals surface area contributed by atoms with Crippen LogP contribution in [0, 0.1) is 42.9 Å². The molecule has 5 aromatic rings. The molecule has 11 nitrogen and oxygen atoms in total. The molecule has 2 saturated heterocycles. The SMILES string of the molecule is COc1cc(O)c([C@H]2C3=CC[C@@H]4C(=O)N(c5ccc(C)c(Cl)c5)C(=O)[C@@H]4[C@@H]3C[C@H]3C(=O)N(c4cc(-c5sc6ccc(Cl)cc6c5C)nn4C)C(=O)[C@@]23C)c(OC)c1. The molecule has 4 aliphatic rings. The topological polar surface area (TPSA) is 131 Å². The Hall–Kier alpha value is -5.17. The third kappa shape index (κ3) is 5.26. The lowest BCUT2D eigenvalue weighted by Gasteiger charge is -2.49. The van der Waals surface area contributed by atoms with Crippen LogP contribution in [0.3, 0.4) is 0 Å². The third-order valence-corrected chi connectivity index (χ3v) is 14.7. The summed E-state index contributed by atoms with van der Waals surface area (Å²) in [4.78, 5) is 62.3. The van der Waals surface area contributed by atoms with Crippen molar-refractivity contribution in [2.45, 2.75) is 39.5 Å². The van der Waals surface area contributed by atoms with Crippen molar-refractivity contribution in [2.24, 2.45) is 36.1 Å². The van der Waals surface area contributed by atoms with Crippen LogP contribution in [-0.2, 0) is 26.2 Å². The zero-order chi connectivity index (χ0) is 40.4. The Morgan fingerprint density at radius 3 is 2.40 bits per heavy atom. The maximum absolute atomic E-state index is 15.3. The zero-order valence-electron chi connectivity index (χ0n) is 31.9. The fraction of sp³-hybridized carbons (Fsp3) is 0.326. The summed E-state index contributed by atoms with van der Waals surface area (Å²) < 4.78 is 13.9. The third-order valence-electron chi connectivity index (χ3n) is 12.7. The van der Waals surface area contributed by atoms with Crippen molar-refractivity contribution in [1.82, 2.24) is 9.78 Å². The minimum absolute atomic E-state index is 0.128. The smallest absolute Gasteiger partial charge is 0.242 e. The van der Waals surface area contributed by atoms with Gasteiger partial charge < -0.3 is 14.6 Å². The molecule has 3 aromatic carbocycles. The minimum atomic E-state index is -1.45. The van der Waals surface area contributed by atoms with Crippen LogP contribution in [0.2, 0.25) is 10.0 Å². The van der Waals surface area contributed by atoms with E-state index in [0.717, 1.165) is 26.1 Å². The van der Waals surface area contributed by atoms with Crippen molar-refractivity contribution in [1.29, 1.82) is 0 Å². The number of aromatic hydroxyl groups is 1. The molecule has 0 radical (unpaired) electrons. The number of allylic oxidation sites excluding steroid dienone is 2. The lowest BCUT2D eigenvalue weighted by molar-refractivity contribution is -0.131. The second-order valence-corrected chi connectivity index (χ2v) is 17.5. The van der Waals surface area contributed by atoms with Crippen LogP contribution >= 0.6 is 34.5 Å². The predicted octanol–water partition coefficient (Wildman–Crippen LogP) is 8.38. The number of nitrogens with zero attached hydrogens (tertiary/aromatic N) is 4. The van der Waals surface area contributed by atoms with Gasteiger partial charge in [-0.25, -0.2) is 9.80 Å². The Balaban J connectivity index is 1.18. The Morgan fingerprint density at radius 1 is 0.912 bits per heavy atom. The number of methoxy groups -OCH3 is 2. The number of fused-ring (bicyclic) bond motifs is 5. The van der Waals surface area contributed by atoms with E-state index in [1.54, 1.807) is 55.6 Å². The predicted molar refractivity (Wildman–Crippen MR) is 218 cm³/mol. The van der Waals surface area contributed by atoms with Crippen molar-refractivity contribution >= 4 is 79.8 Å². The number of hydrogen-bond acceptors (Lipinski definition) is 9. The number of ether oxygens (including phenoxy) is 2. The van der Waals surface area contributed by atoms with E-state index in [0.29, 0.717) is 44.1 Å². The van der Waals surface area contributed by atoms with Gasteiger partial charge in [0.15, 0.2) is 0 Å².